The van der Waals surface area contributed by atoms with E-state index in [0.717, 1.165) is 0 Å². The molecule has 2 aliphatic rings. The van der Waals surface area contributed by atoms with E-state index in [1.807, 2.05) is 0 Å². The van der Waals surface area contributed by atoms with Crippen LogP contribution in [0.4, 0.5) is 0 Å². The quantitative estimate of drug-likeness (QED) is 0.378. The number of hydrogen-bond acceptors (Lipinski definition) is 0. The van der Waals surface area contributed by atoms with Gasteiger partial charge >= 0.3 is 171 Å². The van der Waals surface area contributed by atoms with Gasteiger partial charge in [0.1, 0.15) is 0 Å². The average Bonchev–Trinajstić information content (AvgIpc) is 3.28. The van der Waals surface area contributed by atoms with E-state index in [2.05, 4.69) is 108 Å². The van der Waals surface area contributed by atoms with E-state index >= 15 is 0 Å². The molecular weight excluding hydrogens is 388 g/mol. The zero-order valence-corrected chi connectivity index (χ0v) is 19.8. The van der Waals surface area contributed by atoms with Gasteiger partial charge in [0.05, 0.1) is 0 Å². The Labute approximate surface area is 170 Å². The van der Waals surface area contributed by atoms with Crippen LogP contribution in [0.15, 0.2) is 78.9 Å². The summed E-state index contributed by atoms with van der Waals surface area (Å²) in [6.07, 6.45) is 4.45. The van der Waals surface area contributed by atoms with Crippen molar-refractivity contribution >= 4 is 12.3 Å². The van der Waals surface area contributed by atoms with Crippen molar-refractivity contribution in [2.75, 3.05) is 0 Å². The maximum absolute atomic E-state index is 3.11. The standard InChI is InChI=1S/C13H9.C9H7.C2H6Si.2CH3.Ti/c1-3-7-12-10(5-1)9-11-6-2-4-8-13(11)12;1-2-5-9-7-3-6-8(9)4-1;1-3-2;;;/h1-9H;1-7H;1-2H3;2*1H3;. The molecule has 0 saturated carbocycles. The fourth-order valence-electron chi connectivity index (χ4n) is 5.92. The van der Waals surface area contributed by atoms with Crippen molar-refractivity contribution in [3.63, 3.8) is 0 Å². The average molecular weight is 416 g/mol. The molecule has 28 heavy (non-hydrogen) atoms. The van der Waals surface area contributed by atoms with Crippen LogP contribution in [-0.2, 0) is 14.0 Å². The van der Waals surface area contributed by atoms with Gasteiger partial charge < -0.3 is 0 Å². The van der Waals surface area contributed by atoms with Gasteiger partial charge in [0.25, 0.3) is 0 Å². The molecule has 0 nitrogen and oxygen atoms in total. The van der Waals surface area contributed by atoms with E-state index in [4.69, 9.17) is 0 Å². The van der Waals surface area contributed by atoms with Crippen molar-refractivity contribution in [3.05, 3.63) is 101 Å². The molecule has 0 N–H and O–H groups in total. The Morgan fingerprint density at radius 2 is 1.18 bits per heavy atom. The van der Waals surface area contributed by atoms with Crippen LogP contribution in [0.25, 0.3) is 17.2 Å². The number of hydrogen-bond donors (Lipinski definition) is 0. The third-order valence-electron chi connectivity index (χ3n) is 8.06. The predicted octanol–water partition coefficient (Wildman–Crippen LogP) is 7.56. The molecule has 1 atom stereocenters. The summed E-state index contributed by atoms with van der Waals surface area (Å²) in [5.41, 5.74) is 9.15. The first-order chi connectivity index (χ1) is 13.4. The molecule has 0 spiro atoms. The van der Waals surface area contributed by atoms with Gasteiger partial charge in [0, 0.05) is 0 Å². The van der Waals surface area contributed by atoms with Crippen molar-refractivity contribution in [1.29, 1.82) is 0 Å². The summed E-state index contributed by atoms with van der Waals surface area (Å²) in [6.45, 7) is 5.19. The van der Waals surface area contributed by atoms with Crippen molar-refractivity contribution in [2.24, 2.45) is 0 Å². The van der Waals surface area contributed by atoms with Crippen LogP contribution in [0.1, 0.15) is 30.7 Å². The van der Waals surface area contributed by atoms with Gasteiger partial charge in [0.15, 0.2) is 0 Å². The van der Waals surface area contributed by atoms with E-state index in [-0.39, 0.29) is 0 Å². The molecule has 1 unspecified atom stereocenters. The monoisotopic (exact) mass is 416 g/mol. The number of allylic oxidation sites excluding steroid dienone is 1. The SMILES string of the molecule is C[Si](C)=[Ti]([CH3])([CH3])([CH]1C=Cc2ccccc21)[CH]1c2ccccc2-c2ccccc21. The van der Waals surface area contributed by atoms with E-state index in [0.29, 0.717) is 8.45 Å². The van der Waals surface area contributed by atoms with Gasteiger partial charge in [-0.1, -0.05) is 0 Å². The second kappa shape index (κ2) is 6.16. The molecule has 0 aromatic heterocycles. The molecule has 0 aliphatic heterocycles. The zero-order valence-electron chi connectivity index (χ0n) is 17.2. The summed E-state index contributed by atoms with van der Waals surface area (Å²) in [7, 11) is 0. The number of fused-ring (bicyclic) bond motifs is 4. The van der Waals surface area contributed by atoms with E-state index in [1.165, 1.54) is 16.7 Å². The first-order valence-electron chi connectivity index (χ1n) is 10.4. The molecular formula is C26H28SiTi. The third kappa shape index (κ3) is 2.27. The molecule has 0 amide bonds. The molecule has 0 saturated heterocycles. The van der Waals surface area contributed by atoms with Crippen LogP contribution in [0, 0.1) is 0 Å². The Balaban J connectivity index is 1.86. The van der Waals surface area contributed by atoms with Gasteiger partial charge in [-0.2, -0.15) is 0 Å². The predicted molar refractivity (Wildman–Crippen MR) is 121 cm³/mol. The van der Waals surface area contributed by atoms with E-state index in [1.54, 1.807) is 16.7 Å². The molecule has 0 bridgehead atoms. The molecule has 3 aromatic rings. The van der Waals surface area contributed by atoms with Crippen molar-refractivity contribution in [2.45, 2.75) is 32.0 Å². The third-order valence-corrected chi connectivity index (χ3v) is 36.0. The topological polar surface area (TPSA) is 0 Å². The maximum atomic E-state index is 2.77. The van der Waals surface area contributed by atoms with Crippen LogP contribution in [0.2, 0.25) is 23.6 Å². The molecule has 2 aliphatic carbocycles. The Bertz CT molecular complexity index is 1160. The Kier molecular flexibility index (Phi) is 4.04. The van der Waals surface area contributed by atoms with E-state index in [9.17, 15) is 0 Å². The summed E-state index contributed by atoms with van der Waals surface area (Å²) in [4.78, 5) is 0. The summed E-state index contributed by atoms with van der Waals surface area (Å²) >= 11 is -3.11. The van der Waals surface area contributed by atoms with Crippen molar-refractivity contribution < 1.29 is 14.0 Å². The van der Waals surface area contributed by atoms with Gasteiger partial charge in [0.2, 0.25) is 0 Å². The van der Waals surface area contributed by atoms with Crippen LogP contribution in [-0.4, -0.2) is 6.19 Å². The molecule has 140 valence electrons. The van der Waals surface area contributed by atoms with Crippen LogP contribution < -0.4 is 0 Å². The van der Waals surface area contributed by atoms with Crippen molar-refractivity contribution in [3.8, 4) is 11.1 Å². The minimum absolute atomic E-state index is 0.520. The van der Waals surface area contributed by atoms with Crippen LogP contribution in [0.3, 0.4) is 0 Å². The van der Waals surface area contributed by atoms with Gasteiger partial charge in [-0.15, -0.1) is 0 Å². The van der Waals surface area contributed by atoms with Gasteiger partial charge in [-0.3, -0.25) is 0 Å². The zero-order chi connectivity index (χ0) is 19.5. The Hall–Kier alpha value is -1.67. The van der Waals surface area contributed by atoms with Gasteiger partial charge in [-0.05, 0) is 0 Å². The first-order valence-corrected chi connectivity index (χ1v) is 20.1. The molecule has 0 radical (unpaired) electrons. The molecule has 0 fully saturated rings. The van der Waals surface area contributed by atoms with Crippen LogP contribution in [0.5, 0.6) is 0 Å². The fraction of sp³-hybridized carbons (Fsp3) is 0.231. The number of benzene rings is 3. The minimum atomic E-state index is -3.11. The Morgan fingerprint density at radius 3 is 1.75 bits per heavy atom. The number of rotatable bonds is 2. The second-order valence-corrected chi connectivity index (χ2v) is 32.9. The normalized spacial score (nSPS) is 18.0. The molecule has 5 rings (SSSR count). The fourth-order valence-corrected chi connectivity index (χ4v) is 22.4. The molecule has 2 heteroatoms. The van der Waals surface area contributed by atoms with Crippen LogP contribution >= 0.6 is 0 Å². The first kappa shape index (κ1) is 18.4. The summed E-state index contributed by atoms with van der Waals surface area (Å²) in [5, 5.41) is 5.54. The summed E-state index contributed by atoms with van der Waals surface area (Å²) in [6, 6.07) is 27.6. The Morgan fingerprint density at radius 1 is 0.679 bits per heavy atom. The summed E-state index contributed by atoms with van der Waals surface area (Å²) in [5.74, 6) is 0. The molecule has 3 aromatic carbocycles. The van der Waals surface area contributed by atoms with Crippen molar-refractivity contribution in [1.82, 2.24) is 0 Å². The summed E-state index contributed by atoms with van der Waals surface area (Å²) < 4.78 is 1.20. The van der Waals surface area contributed by atoms with Gasteiger partial charge in [-0.25, -0.2) is 0 Å². The second-order valence-electron chi connectivity index (χ2n) is 9.68. The van der Waals surface area contributed by atoms with E-state index < -0.39 is 20.2 Å². The molecule has 0 heterocycles.